The molecule has 0 aromatic carbocycles. The Balaban J connectivity index is 0. The van der Waals surface area contributed by atoms with Crippen LogP contribution in [0.3, 0.4) is 0 Å². The molecule has 4 nitrogen and oxygen atoms in total. The number of carbonyl (C=O) groups is 1. The van der Waals surface area contributed by atoms with E-state index in [-0.39, 0.29) is 36.0 Å². The summed E-state index contributed by atoms with van der Waals surface area (Å²) in [7, 11) is 0. The molecule has 0 aliphatic carbocycles. The minimum absolute atomic E-state index is 0. The summed E-state index contributed by atoms with van der Waals surface area (Å²) in [6.45, 7) is 4.35. The number of carboxylic acid groups (broad SMARTS) is 1. The van der Waals surface area contributed by atoms with Gasteiger partial charge in [0.15, 0.2) is 0 Å². The maximum absolute atomic E-state index is 11.4. The number of rotatable bonds is 19. The van der Waals surface area contributed by atoms with E-state index >= 15 is 0 Å². The van der Waals surface area contributed by atoms with Gasteiger partial charge < -0.3 is 15.3 Å². The standard InChI is InChI=1S/C22H44O4.Na.H/c1-3-5-7-9-10-11-12-13-14-16-19(23)18-21(24)20(22(25)26)17-15-8-6-4-2;;/h19-21,23-24H,3-18H2,1-2H3,(H,25,26);;/t19-,20?,21?;;/m1../s1. The van der Waals surface area contributed by atoms with Crippen molar-refractivity contribution in [2.24, 2.45) is 5.92 Å². The van der Waals surface area contributed by atoms with E-state index in [4.69, 9.17) is 0 Å². The van der Waals surface area contributed by atoms with Crippen molar-refractivity contribution in [2.75, 3.05) is 0 Å². The molecule has 0 spiro atoms. The van der Waals surface area contributed by atoms with Crippen molar-refractivity contribution in [1.82, 2.24) is 0 Å². The molecule has 0 saturated carbocycles. The first-order chi connectivity index (χ1) is 12.5. The quantitative estimate of drug-likeness (QED) is 0.211. The van der Waals surface area contributed by atoms with Gasteiger partial charge in [-0.15, -0.1) is 0 Å². The van der Waals surface area contributed by atoms with Gasteiger partial charge in [-0.2, -0.15) is 0 Å². The normalized spacial score (nSPS) is 14.4. The van der Waals surface area contributed by atoms with Gasteiger partial charge in [0.1, 0.15) is 0 Å². The third kappa shape index (κ3) is 18.2. The molecule has 0 saturated heterocycles. The third-order valence-corrected chi connectivity index (χ3v) is 5.30. The number of hydrogen-bond donors (Lipinski definition) is 3. The second-order valence-electron chi connectivity index (χ2n) is 7.87. The SMILES string of the molecule is CCCCCCCCCCC[C@@H](O)CC(O)C(CCCCCC)C(=O)O.[NaH]. The Morgan fingerprint density at radius 2 is 1.11 bits per heavy atom. The maximum atomic E-state index is 11.4. The van der Waals surface area contributed by atoms with E-state index in [0.717, 1.165) is 38.5 Å². The number of aliphatic carboxylic acids is 1. The molecule has 0 amide bonds. The van der Waals surface area contributed by atoms with Crippen molar-refractivity contribution in [3.63, 3.8) is 0 Å². The number of aliphatic hydroxyl groups is 2. The Morgan fingerprint density at radius 3 is 1.59 bits per heavy atom. The van der Waals surface area contributed by atoms with Gasteiger partial charge in [-0.25, -0.2) is 0 Å². The fraction of sp³-hybridized carbons (Fsp3) is 0.955. The van der Waals surface area contributed by atoms with E-state index in [1.807, 2.05) is 0 Å². The average Bonchev–Trinajstić information content (AvgIpc) is 2.59. The molecule has 0 fully saturated rings. The summed E-state index contributed by atoms with van der Waals surface area (Å²) in [6, 6.07) is 0. The number of unbranched alkanes of at least 4 members (excludes halogenated alkanes) is 11. The van der Waals surface area contributed by atoms with E-state index in [1.54, 1.807) is 0 Å². The summed E-state index contributed by atoms with van der Waals surface area (Å²) in [5, 5.41) is 29.6. The molecule has 0 bridgehead atoms. The van der Waals surface area contributed by atoms with Gasteiger partial charge >= 0.3 is 35.5 Å². The molecule has 0 heterocycles. The number of hydrogen-bond acceptors (Lipinski definition) is 3. The Kier molecular flexibility index (Phi) is 23.1. The van der Waals surface area contributed by atoms with Crippen LogP contribution in [-0.2, 0) is 4.79 Å². The van der Waals surface area contributed by atoms with Crippen molar-refractivity contribution >= 4 is 35.5 Å². The Hall–Kier alpha value is 0.390. The Bertz CT molecular complexity index is 325. The molecule has 0 aliphatic heterocycles. The number of carboxylic acids is 1. The van der Waals surface area contributed by atoms with E-state index in [1.165, 1.54) is 44.9 Å². The first kappa shape index (κ1) is 29.6. The molecule has 2 unspecified atom stereocenters. The zero-order valence-corrected chi connectivity index (χ0v) is 17.3. The van der Waals surface area contributed by atoms with Crippen molar-refractivity contribution in [3.8, 4) is 0 Å². The second-order valence-corrected chi connectivity index (χ2v) is 7.87. The first-order valence-corrected chi connectivity index (χ1v) is 11.1. The molecule has 3 atom stereocenters. The summed E-state index contributed by atoms with van der Waals surface area (Å²) >= 11 is 0. The van der Waals surface area contributed by atoms with Crippen molar-refractivity contribution in [2.45, 2.75) is 129 Å². The molecular weight excluding hydrogens is 351 g/mol. The zero-order valence-electron chi connectivity index (χ0n) is 17.3. The van der Waals surface area contributed by atoms with Crippen LogP contribution in [0.15, 0.2) is 0 Å². The fourth-order valence-corrected chi connectivity index (χ4v) is 3.52. The van der Waals surface area contributed by atoms with E-state index in [2.05, 4.69) is 13.8 Å². The predicted octanol–water partition coefficient (Wildman–Crippen LogP) is 5.04. The molecule has 0 aromatic rings. The minimum atomic E-state index is -0.942. The van der Waals surface area contributed by atoms with Gasteiger partial charge in [0.25, 0.3) is 0 Å². The first-order valence-electron chi connectivity index (χ1n) is 11.1. The molecule has 27 heavy (non-hydrogen) atoms. The van der Waals surface area contributed by atoms with Gasteiger partial charge in [-0.1, -0.05) is 97.3 Å². The van der Waals surface area contributed by atoms with Crippen molar-refractivity contribution in [3.05, 3.63) is 0 Å². The Labute approximate surface area is 189 Å². The summed E-state index contributed by atoms with van der Waals surface area (Å²) in [5.41, 5.74) is 0. The molecule has 0 radical (unpaired) electrons. The van der Waals surface area contributed by atoms with Gasteiger partial charge in [-0.3, -0.25) is 4.79 Å². The summed E-state index contributed by atoms with van der Waals surface area (Å²) in [6.07, 6.45) is 15.0. The van der Waals surface area contributed by atoms with Gasteiger partial charge in [0.05, 0.1) is 18.1 Å². The van der Waals surface area contributed by atoms with Crippen LogP contribution >= 0.6 is 0 Å². The van der Waals surface area contributed by atoms with Crippen molar-refractivity contribution < 1.29 is 20.1 Å². The zero-order chi connectivity index (χ0) is 19.6. The van der Waals surface area contributed by atoms with Crippen LogP contribution in [0, 0.1) is 5.92 Å². The van der Waals surface area contributed by atoms with Gasteiger partial charge in [0.2, 0.25) is 0 Å². The molecule has 0 aliphatic rings. The van der Waals surface area contributed by atoms with E-state index < -0.39 is 24.1 Å². The van der Waals surface area contributed by atoms with Gasteiger partial charge in [-0.05, 0) is 12.8 Å². The average molecular weight is 397 g/mol. The predicted molar refractivity (Wildman–Crippen MR) is 116 cm³/mol. The van der Waals surface area contributed by atoms with Crippen LogP contribution in [0.25, 0.3) is 0 Å². The summed E-state index contributed by atoms with van der Waals surface area (Å²) < 4.78 is 0. The van der Waals surface area contributed by atoms with Crippen LogP contribution in [0.1, 0.15) is 117 Å². The van der Waals surface area contributed by atoms with Crippen LogP contribution in [0.5, 0.6) is 0 Å². The number of aliphatic hydroxyl groups excluding tert-OH is 2. The van der Waals surface area contributed by atoms with Crippen LogP contribution in [0.2, 0.25) is 0 Å². The molecule has 3 N–H and O–H groups in total. The van der Waals surface area contributed by atoms with Crippen molar-refractivity contribution in [1.29, 1.82) is 0 Å². The molecule has 0 rings (SSSR count). The van der Waals surface area contributed by atoms with E-state index in [9.17, 15) is 20.1 Å². The van der Waals surface area contributed by atoms with Crippen LogP contribution in [0.4, 0.5) is 0 Å². The van der Waals surface area contributed by atoms with Crippen LogP contribution in [-0.4, -0.2) is 63.1 Å². The summed E-state index contributed by atoms with van der Waals surface area (Å²) in [5.74, 6) is -1.69. The molecule has 5 heteroatoms. The summed E-state index contributed by atoms with van der Waals surface area (Å²) in [4.78, 5) is 11.4. The molecule has 0 aromatic heterocycles. The Morgan fingerprint density at radius 1 is 0.704 bits per heavy atom. The van der Waals surface area contributed by atoms with Gasteiger partial charge in [0, 0.05) is 6.42 Å². The molecule has 158 valence electrons. The van der Waals surface area contributed by atoms with Crippen LogP contribution < -0.4 is 0 Å². The monoisotopic (exact) mass is 396 g/mol. The van der Waals surface area contributed by atoms with E-state index in [0.29, 0.717) is 12.8 Å². The second kappa shape index (κ2) is 21.1. The fourth-order valence-electron chi connectivity index (χ4n) is 3.52. The topological polar surface area (TPSA) is 77.8 Å². The molecular formula is C22H45NaO4. The third-order valence-electron chi connectivity index (χ3n) is 5.30.